The smallest absolute Gasteiger partial charge is 0.256 e. The van der Waals surface area contributed by atoms with Crippen molar-refractivity contribution in [1.29, 1.82) is 0 Å². The van der Waals surface area contributed by atoms with Gasteiger partial charge in [0.2, 0.25) is 0 Å². The number of H-pyrrole nitrogens is 1. The van der Waals surface area contributed by atoms with Gasteiger partial charge < -0.3 is 19.5 Å². The van der Waals surface area contributed by atoms with Crippen molar-refractivity contribution in [3.63, 3.8) is 0 Å². The summed E-state index contributed by atoms with van der Waals surface area (Å²) < 4.78 is 5.56. The van der Waals surface area contributed by atoms with Crippen LogP contribution in [0, 0.1) is 0 Å². The van der Waals surface area contributed by atoms with Crippen LogP contribution in [-0.2, 0) is 4.74 Å². The minimum atomic E-state index is 0.0662. The van der Waals surface area contributed by atoms with Gasteiger partial charge in [-0.25, -0.2) is 4.98 Å². The number of aromatic amines is 1. The molecule has 0 saturated carbocycles. The van der Waals surface area contributed by atoms with E-state index in [1.165, 1.54) is 12.8 Å². The van der Waals surface area contributed by atoms with Crippen molar-refractivity contribution in [2.45, 2.75) is 31.4 Å². The first-order chi connectivity index (χ1) is 11.8. The molecule has 1 N–H and O–H groups in total. The third-order valence-electron chi connectivity index (χ3n) is 5.32. The fourth-order valence-corrected chi connectivity index (χ4v) is 4.02. The first kappa shape index (κ1) is 15.6. The summed E-state index contributed by atoms with van der Waals surface area (Å²) in [5.74, 6) is 0.0662. The van der Waals surface area contributed by atoms with Crippen LogP contribution >= 0.6 is 0 Å². The van der Waals surface area contributed by atoms with Gasteiger partial charge in [0.05, 0.1) is 23.5 Å². The Kier molecular flexibility index (Phi) is 4.24. The van der Waals surface area contributed by atoms with Crippen molar-refractivity contribution in [2.75, 3.05) is 33.3 Å². The fourth-order valence-electron chi connectivity index (χ4n) is 4.02. The van der Waals surface area contributed by atoms with Gasteiger partial charge in [-0.05, 0) is 44.5 Å². The summed E-state index contributed by atoms with van der Waals surface area (Å²) in [7, 11) is 1.74. The van der Waals surface area contributed by atoms with E-state index in [4.69, 9.17) is 4.74 Å². The molecular weight excluding hydrogens is 304 g/mol. The number of fused-ring (bicyclic) bond motifs is 1. The van der Waals surface area contributed by atoms with Gasteiger partial charge in [0, 0.05) is 26.2 Å². The quantitative estimate of drug-likeness (QED) is 0.931. The van der Waals surface area contributed by atoms with E-state index in [1.54, 1.807) is 13.4 Å². The topological polar surface area (TPSA) is 61.5 Å². The molecule has 0 spiro atoms. The lowest BCUT2D eigenvalue weighted by Gasteiger charge is -2.28. The van der Waals surface area contributed by atoms with Crippen LogP contribution in [0.5, 0.6) is 0 Å². The molecule has 1 aromatic carbocycles. The number of nitrogens with zero attached hydrogens (tertiary/aromatic N) is 3. The molecule has 1 amide bonds. The molecular formula is C18H24N4O2. The lowest BCUT2D eigenvalue weighted by molar-refractivity contribution is 0.0672. The number of carbonyl (C=O) groups excluding carboxylic acids is 1. The monoisotopic (exact) mass is 328 g/mol. The molecule has 24 heavy (non-hydrogen) atoms. The number of rotatable bonds is 4. The van der Waals surface area contributed by atoms with Crippen LogP contribution in [0.3, 0.4) is 0 Å². The molecule has 0 bridgehead atoms. The van der Waals surface area contributed by atoms with Gasteiger partial charge in [-0.15, -0.1) is 0 Å². The molecule has 2 atom stereocenters. The normalized spacial score (nSPS) is 25.0. The zero-order chi connectivity index (χ0) is 16.5. The fraction of sp³-hybridized carbons (Fsp3) is 0.556. The van der Waals surface area contributed by atoms with Crippen molar-refractivity contribution >= 4 is 16.9 Å². The van der Waals surface area contributed by atoms with Crippen molar-refractivity contribution in [1.82, 2.24) is 19.8 Å². The van der Waals surface area contributed by atoms with Gasteiger partial charge in [-0.2, -0.15) is 0 Å². The lowest BCUT2D eigenvalue weighted by Crippen LogP contribution is -2.42. The zero-order valence-corrected chi connectivity index (χ0v) is 14.1. The zero-order valence-electron chi connectivity index (χ0n) is 14.1. The van der Waals surface area contributed by atoms with Crippen molar-refractivity contribution < 1.29 is 9.53 Å². The molecule has 2 saturated heterocycles. The number of likely N-dealkylation sites (tertiary alicyclic amines) is 2. The summed E-state index contributed by atoms with van der Waals surface area (Å²) in [5, 5.41) is 0. The molecule has 1 aromatic heterocycles. The summed E-state index contributed by atoms with van der Waals surface area (Å²) in [6.07, 6.45) is 5.21. The van der Waals surface area contributed by atoms with E-state index in [9.17, 15) is 4.79 Å². The number of benzene rings is 1. The summed E-state index contributed by atoms with van der Waals surface area (Å²) in [6.45, 7) is 3.90. The van der Waals surface area contributed by atoms with Crippen molar-refractivity contribution in [3.05, 3.63) is 30.1 Å². The van der Waals surface area contributed by atoms with E-state index in [1.807, 2.05) is 23.1 Å². The molecule has 6 nitrogen and oxygen atoms in total. The lowest BCUT2D eigenvalue weighted by atomic mass is 10.1. The number of aromatic nitrogens is 2. The van der Waals surface area contributed by atoms with Crippen LogP contribution in [0.15, 0.2) is 24.5 Å². The predicted octanol–water partition coefficient (Wildman–Crippen LogP) is 1.89. The third kappa shape index (κ3) is 2.80. The Labute approximate surface area is 141 Å². The standard InChI is InChI=1S/C18H24N4O2/c1-24-14-9-13(10-21-7-2-3-8-21)22(11-14)18(23)15-5-4-6-16-17(15)20-12-19-16/h4-6,12-14H,2-3,7-11H2,1H3,(H,19,20)/t13-,14-/m0/s1. The van der Waals surface area contributed by atoms with Crippen LogP contribution < -0.4 is 0 Å². The van der Waals surface area contributed by atoms with E-state index in [0.717, 1.165) is 37.1 Å². The summed E-state index contributed by atoms with van der Waals surface area (Å²) in [4.78, 5) is 25.1. The number of amides is 1. The second-order valence-electron chi connectivity index (χ2n) is 6.82. The summed E-state index contributed by atoms with van der Waals surface area (Å²) in [5.41, 5.74) is 2.33. The largest absolute Gasteiger partial charge is 0.380 e. The maximum atomic E-state index is 13.2. The predicted molar refractivity (Wildman–Crippen MR) is 92.0 cm³/mol. The number of nitrogens with one attached hydrogen (secondary N) is 1. The number of methoxy groups -OCH3 is 1. The Morgan fingerprint density at radius 1 is 1.38 bits per heavy atom. The van der Waals surface area contributed by atoms with Crippen molar-refractivity contribution in [3.8, 4) is 0 Å². The number of hydrogen-bond acceptors (Lipinski definition) is 4. The van der Waals surface area contributed by atoms with E-state index < -0.39 is 0 Å². The second kappa shape index (κ2) is 6.53. The van der Waals surface area contributed by atoms with Crippen LogP contribution in [0.2, 0.25) is 0 Å². The molecule has 128 valence electrons. The van der Waals surface area contributed by atoms with Crippen molar-refractivity contribution in [2.24, 2.45) is 0 Å². The molecule has 2 fully saturated rings. The highest BCUT2D eigenvalue weighted by Gasteiger charge is 2.37. The van der Waals surface area contributed by atoms with E-state index in [0.29, 0.717) is 12.1 Å². The molecule has 0 radical (unpaired) electrons. The van der Waals surface area contributed by atoms with Gasteiger partial charge in [0.15, 0.2) is 0 Å². The van der Waals surface area contributed by atoms with Gasteiger partial charge in [0.1, 0.15) is 5.52 Å². The Morgan fingerprint density at radius 3 is 3.00 bits per heavy atom. The first-order valence-corrected chi connectivity index (χ1v) is 8.74. The number of imidazole rings is 1. The van der Waals surface area contributed by atoms with Gasteiger partial charge in [-0.3, -0.25) is 4.79 Å². The maximum Gasteiger partial charge on any atom is 0.256 e. The number of para-hydroxylation sites is 1. The number of ether oxygens (including phenoxy) is 1. The summed E-state index contributed by atoms with van der Waals surface area (Å²) >= 11 is 0. The Hall–Kier alpha value is -1.92. The SMILES string of the molecule is CO[C@H]1C[C@@H](CN2CCCC2)N(C(=O)c2cccc3[nH]cnc23)C1. The second-order valence-corrected chi connectivity index (χ2v) is 6.82. The number of hydrogen-bond donors (Lipinski definition) is 1. The molecule has 2 aromatic rings. The highest BCUT2D eigenvalue weighted by atomic mass is 16.5. The number of carbonyl (C=O) groups is 1. The molecule has 2 aliphatic heterocycles. The molecule has 6 heteroatoms. The maximum absolute atomic E-state index is 13.2. The highest BCUT2D eigenvalue weighted by molar-refractivity contribution is 6.05. The molecule has 4 rings (SSSR count). The van der Waals surface area contributed by atoms with Crippen LogP contribution in [0.4, 0.5) is 0 Å². The van der Waals surface area contributed by atoms with Gasteiger partial charge in [0.25, 0.3) is 5.91 Å². The molecule has 0 aliphatic carbocycles. The Morgan fingerprint density at radius 2 is 2.21 bits per heavy atom. The highest BCUT2D eigenvalue weighted by Crippen LogP contribution is 2.26. The van der Waals surface area contributed by atoms with E-state index in [2.05, 4.69) is 14.9 Å². The third-order valence-corrected chi connectivity index (χ3v) is 5.32. The van der Waals surface area contributed by atoms with Gasteiger partial charge in [-0.1, -0.05) is 6.07 Å². The first-order valence-electron chi connectivity index (χ1n) is 8.74. The Bertz CT molecular complexity index is 723. The van der Waals surface area contributed by atoms with E-state index >= 15 is 0 Å². The summed E-state index contributed by atoms with van der Waals surface area (Å²) in [6, 6.07) is 5.95. The van der Waals surface area contributed by atoms with Crippen LogP contribution in [0.25, 0.3) is 11.0 Å². The minimum Gasteiger partial charge on any atom is -0.380 e. The molecule has 2 aliphatic rings. The van der Waals surface area contributed by atoms with Crippen LogP contribution in [-0.4, -0.2) is 71.1 Å². The van der Waals surface area contributed by atoms with E-state index in [-0.39, 0.29) is 18.1 Å². The van der Waals surface area contributed by atoms with Gasteiger partial charge >= 0.3 is 0 Å². The average molecular weight is 328 g/mol. The van der Waals surface area contributed by atoms with Crippen LogP contribution in [0.1, 0.15) is 29.6 Å². The molecule has 0 unspecified atom stereocenters. The Balaban J connectivity index is 1.59. The minimum absolute atomic E-state index is 0.0662. The molecule has 3 heterocycles. The average Bonchev–Trinajstić information content (AvgIpc) is 3.34.